The Morgan fingerprint density at radius 3 is 2.28 bits per heavy atom. The molecule has 2 amide bonds. The number of rotatable bonds is 7. The number of hydrogen-bond acceptors (Lipinski definition) is 3. The van der Waals surface area contributed by atoms with Crippen molar-refractivity contribution in [2.75, 3.05) is 5.75 Å². The molecule has 0 fully saturated rings. The SMILES string of the molecule is CCSc1ccc(C(CCC(N)=O)C(N)=O)cc1. The number of nitrogens with two attached hydrogens (primary N) is 2. The van der Waals surface area contributed by atoms with E-state index in [0.717, 1.165) is 16.2 Å². The van der Waals surface area contributed by atoms with E-state index in [1.165, 1.54) is 0 Å². The highest BCUT2D eigenvalue weighted by Crippen LogP contribution is 2.24. The molecule has 0 bridgehead atoms. The Morgan fingerprint density at radius 2 is 1.83 bits per heavy atom. The van der Waals surface area contributed by atoms with Gasteiger partial charge in [-0.3, -0.25) is 9.59 Å². The first-order valence-electron chi connectivity index (χ1n) is 5.85. The highest BCUT2D eigenvalue weighted by molar-refractivity contribution is 7.99. The van der Waals surface area contributed by atoms with Crippen LogP contribution in [0.1, 0.15) is 31.2 Å². The second kappa shape index (κ2) is 7.06. The van der Waals surface area contributed by atoms with Crippen LogP contribution in [0.2, 0.25) is 0 Å². The topological polar surface area (TPSA) is 86.2 Å². The van der Waals surface area contributed by atoms with E-state index < -0.39 is 17.7 Å². The van der Waals surface area contributed by atoms with Crippen molar-refractivity contribution in [1.29, 1.82) is 0 Å². The molecule has 0 aliphatic carbocycles. The lowest BCUT2D eigenvalue weighted by molar-refractivity contribution is -0.120. The second-order valence-corrected chi connectivity index (χ2v) is 5.30. The van der Waals surface area contributed by atoms with E-state index in [1.54, 1.807) is 11.8 Å². The number of hydrogen-bond donors (Lipinski definition) is 2. The first-order valence-corrected chi connectivity index (χ1v) is 6.83. The summed E-state index contributed by atoms with van der Waals surface area (Å²) in [6.45, 7) is 2.08. The summed E-state index contributed by atoms with van der Waals surface area (Å²) < 4.78 is 0. The van der Waals surface area contributed by atoms with Crippen LogP contribution in [0.5, 0.6) is 0 Å². The van der Waals surface area contributed by atoms with Crippen LogP contribution in [0.25, 0.3) is 0 Å². The van der Waals surface area contributed by atoms with E-state index >= 15 is 0 Å². The Balaban J connectivity index is 2.78. The number of amides is 2. The average molecular weight is 266 g/mol. The molecule has 4 N–H and O–H groups in total. The molecule has 5 heteroatoms. The minimum absolute atomic E-state index is 0.166. The van der Waals surface area contributed by atoms with Gasteiger partial charge in [0.1, 0.15) is 0 Å². The zero-order valence-electron chi connectivity index (χ0n) is 10.4. The molecule has 0 saturated heterocycles. The number of benzene rings is 1. The largest absolute Gasteiger partial charge is 0.370 e. The summed E-state index contributed by atoms with van der Waals surface area (Å²) in [4.78, 5) is 23.3. The van der Waals surface area contributed by atoms with Crippen LogP contribution < -0.4 is 11.5 Å². The average Bonchev–Trinajstić information content (AvgIpc) is 2.31. The van der Waals surface area contributed by atoms with Crippen molar-refractivity contribution in [3.8, 4) is 0 Å². The predicted octanol–water partition coefficient (Wildman–Crippen LogP) is 1.63. The molecule has 1 unspecified atom stereocenters. The van der Waals surface area contributed by atoms with E-state index in [-0.39, 0.29) is 6.42 Å². The summed E-state index contributed by atoms with van der Waals surface area (Å²) >= 11 is 1.73. The summed E-state index contributed by atoms with van der Waals surface area (Å²) in [6.07, 6.45) is 0.532. The van der Waals surface area contributed by atoms with Gasteiger partial charge in [-0.25, -0.2) is 0 Å². The molecule has 18 heavy (non-hydrogen) atoms. The summed E-state index contributed by atoms with van der Waals surface area (Å²) in [7, 11) is 0. The molecule has 0 heterocycles. The van der Waals surface area contributed by atoms with Crippen LogP contribution in [0.15, 0.2) is 29.2 Å². The molecule has 0 spiro atoms. The summed E-state index contributed by atoms with van der Waals surface area (Å²) in [5.41, 5.74) is 11.3. The molecule has 0 aliphatic rings. The Morgan fingerprint density at radius 1 is 1.22 bits per heavy atom. The highest BCUT2D eigenvalue weighted by Gasteiger charge is 2.18. The van der Waals surface area contributed by atoms with Gasteiger partial charge in [0, 0.05) is 11.3 Å². The number of carbonyl (C=O) groups is 2. The lowest BCUT2D eigenvalue weighted by atomic mass is 9.93. The van der Waals surface area contributed by atoms with Crippen LogP contribution in [0.4, 0.5) is 0 Å². The Labute approximate surface area is 111 Å². The molecule has 1 aromatic carbocycles. The number of carbonyl (C=O) groups excluding carboxylic acids is 2. The molecule has 0 aliphatic heterocycles. The fourth-order valence-electron chi connectivity index (χ4n) is 1.72. The number of primary amides is 2. The van der Waals surface area contributed by atoms with Crippen molar-refractivity contribution in [2.24, 2.45) is 11.5 Å². The van der Waals surface area contributed by atoms with Crippen LogP contribution >= 0.6 is 11.8 Å². The highest BCUT2D eigenvalue weighted by atomic mass is 32.2. The first-order chi connectivity index (χ1) is 8.54. The van der Waals surface area contributed by atoms with Gasteiger partial charge in [0.15, 0.2) is 0 Å². The maximum Gasteiger partial charge on any atom is 0.224 e. The van der Waals surface area contributed by atoms with Gasteiger partial charge in [-0.05, 0) is 29.9 Å². The molecular formula is C13H18N2O2S. The van der Waals surface area contributed by atoms with Crippen molar-refractivity contribution in [3.63, 3.8) is 0 Å². The number of thioether (sulfide) groups is 1. The fraction of sp³-hybridized carbons (Fsp3) is 0.385. The maximum absolute atomic E-state index is 11.4. The van der Waals surface area contributed by atoms with E-state index in [4.69, 9.17) is 11.5 Å². The Bertz CT molecular complexity index is 418. The maximum atomic E-state index is 11.4. The molecular weight excluding hydrogens is 248 g/mol. The van der Waals surface area contributed by atoms with Crippen molar-refractivity contribution in [1.82, 2.24) is 0 Å². The standard InChI is InChI=1S/C13H18N2O2S/c1-2-18-10-5-3-9(4-6-10)11(13(15)17)7-8-12(14)16/h3-6,11H,2,7-8H2,1H3,(H2,14,16)(H2,15,17). The minimum Gasteiger partial charge on any atom is -0.370 e. The Kier molecular flexibility index (Phi) is 5.71. The minimum atomic E-state index is -0.446. The summed E-state index contributed by atoms with van der Waals surface area (Å²) in [5, 5.41) is 0. The van der Waals surface area contributed by atoms with Crippen LogP contribution in [0.3, 0.4) is 0 Å². The van der Waals surface area contributed by atoms with Crippen LogP contribution in [-0.4, -0.2) is 17.6 Å². The molecule has 98 valence electrons. The third kappa shape index (κ3) is 4.41. The van der Waals surface area contributed by atoms with Crippen LogP contribution in [-0.2, 0) is 9.59 Å². The Hall–Kier alpha value is -1.49. The normalized spacial score (nSPS) is 12.1. The van der Waals surface area contributed by atoms with Gasteiger partial charge in [-0.2, -0.15) is 0 Å². The molecule has 4 nitrogen and oxygen atoms in total. The van der Waals surface area contributed by atoms with Crippen LogP contribution in [0, 0.1) is 0 Å². The summed E-state index contributed by atoms with van der Waals surface area (Å²) in [6, 6.07) is 7.69. The van der Waals surface area contributed by atoms with Crippen molar-refractivity contribution >= 4 is 23.6 Å². The van der Waals surface area contributed by atoms with Crippen molar-refractivity contribution in [2.45, 2.75) is 30.6 Å². The molecule has 1 atom stereocenters. The molecule has 1 rings (SSSR count). The van der Waals surface area contributed by atoms with Crippen molar-refractivity contribution in [3.05, 3.63) is 29.8 Å². The second-order valence-electron chi connectivity index (χ2n) is 3.96. The van der Waals surface area contributed by atoms with Crippen molar-refractivity contribution < 1.29 is 9.59 Å². The van der Waals surface area contributed by atoms with Gasteiger partial charge < -0.3 is 11.5 Å². The molecule has 0 saturated carbocycles. The fourth-order valence-corrected chi connectivity index (χ4v) is 2.38. The van der Waals surface area contributed by atoms with Gasteiger partial charge in [-0.1, -0.05) is 19.1 Å². The van der Waals surface area contributed by atoms with E-state index in [1.807, 2.05) is 24.3 Å². The first kappa shape index (κ1) is 14.6. The third-order valence-electron chi connectivity index (χ3n) is 2.62. The zero-order chi connectivity index (χ0) is 13.5. The monoisotopic (exact) mass is 266 g/mol. The van der Waals surface area contributed by atoms with Gasteiger partial charge >= 0.3 is 0 Å². The smallest absolute Gasteiger partial charge is 0.224 e. The lowest BCUT2D eigenvalue weighted by Crippen LogP contribution is -2.23. The zero-order valence-corrected chi connectivity index (χ0v) is 11.2. The molecule has 0 aromatic heterocycles. The molecule has 0 radical (unpaired) electrons. The molecule has 1 aromatic rings. The van der Waals surface area contributed by atoms with Gasteiger partial charge in [0.25, 0.3) is 0 Å². The lowest BCUT2D eigenvalue weighted by Gasteiger charge is -2.13. The van der Waals surface area contributed by atoms with Gasteiger partial charge in [0.05, 0.1) is 5.92 Å². The summed E-state index contributed by atoms with van der Waals surface area (Å²) in [5.74, 6) is -0.287. The van der Waals surface area contributed by atoms with E-state index in [0.29, 0.717) is 6.42 Å². The third-order valence-corrected chi connectivity index (χ3v) is 3.51. The quantitative estimate of drug-likeness (QED) is 0.735. The van der Waals surface area contributed by atoms with E-state index in [9.17, 15) is 9.59 Å². The predicted molar refractivity (Wildman–Crippen MR) is 73.2 cm³/mol. The van der Waals surface area contributed by atoms with Gasteiger partial charge in [0.2, 0.25) is 11.8 Å². The van der Waals surface area contributed by atoms with E-state index in [2.05, 4.69) is 6.92 Å². The van der Waals surface area contributed by atoms with Gasteiger partial charge in [-0.15, -0.1) is 11.8 Å².